The van der Waals surface area contributed by atoms with E-state index in [9.17, 15) is 9.59 Å². The highest BCUT2D eigenvalue weighted by Gasteiger charge is 2.40. The van der Waals surface area contributed by atoms with Crippen LogP contribution < -0.4 is 10.2 Å². The average Bonchev–Trinajstić information content (AvgIpc) is 2.79. The van der Waals surface area contributed by atoms with E-state index in [1.54, 1.807) is 18.2 Å². The Kier molecular flexibility index (Phi) is 4.62. The van der Waals surface area contributed by atoms with Crippen molar-refractivity contribution in [3.63, 3.8) is 0 Å². The number of halogens is 3. The molecule has 3 rings (SSSR count). The Hall–Kier alpha value is -1.56. The van der Waals surface area contributed by atoms with Crippen molar-refractivity contribution in [2.45, 2.75) is 12.5 Å². The molecule has 1 N–H and O–H groups in total. The zero-order valence-corrected chi connectivity index (χ0v) is 14.8. The van der Waals surface area contributed by atoms with Crippen molar-refractivity contribution in [1.29, 1.82) is 0 Å². The van der Waals surface area contributed by atoms with Crippen LogP contribution in [0.4, 0.5) is 11.4 Å². The minimum atomic E-state index is -0.642. The van der Waals surface area contributed by atoms with E-state index in [2.05, 4.69) is 21.2 Å². The summed E-state index contributed by atoms with van der Waals surface area (Å²) in [5.74, 6) is -0.668. The van der Waals surface area contributed by atoms with Crippen molar-refractivity contribution in [2.24, 2.45) is 0 Å². The molecule has 0 radical (unpaired) electrons. The van der Waals surface area contributed by atoms with Gasteiger partial charge in [-0.15, -0.1) is 0 Å². The molecular formula is C16H11BrCl2N2O2. The Morgan fingerprint density at radius 2 is 1.83 bits per heavy atom. The van der Waals surface area contributed by atoms with Crippen molar-refractivity contribution >= 4 is 62.3 Å². The molecule has 1 aliphatic rings. The van der Waals surface area contributed by atoms with Gasteiger partial charge in [0.1, 0.15) is 6.04 Å². The molecule has 7 heteroatoms. The van der Waals surface area contributed by atoms with Gasteiger partial charge in [-0.1, -0.05) is 41.4 Å². The third-order valence-electron chi connectivity index (χ3n) is 3.52. The molecule has 2 aromatic carbocycles. The zero-order chi connectivity index (χ0) is 16.6. The normalized spacial score (nSPS) is 17.7. The van der Waals surface area contributed by atoms with Crippen LogP contribution in [0.15, 0.2) is 46.9 Å². The van der Waals surface area contributed by atoms with E-state index in [0.29, 0.717) is 10.7 Å². The molecule has 1 saturated heterocycles. The molecule has 1 aliphatic heterocycles. The fraction of sp³-hybridized carbons (Fsp3) is 0.125. The van der Waals surface area contributed by atoms with Gasteiger partial charge in [-0.25, -0.2) is 4.90 Å². The Balaban J connectivity index is 1.89. The van der Waals surface area contributed by atoms with Gasteiger partial charge in [0.25, 0.3) is 5.91 Å². The second-order valence-corrected chi connectivity index (χ2v) is 6.66. The standard InChI is InChI=1S/C16H11BrCl2N2O2/c17-9-4-1-2-6-11(9)20-12-8-14(22)21(16(12)23)13-7-3-5-10(18)15(13)19/h1-7,12,20H,8H2. The number of rotatable bonds is 3. The van der Waals surface area contributed by atoms with Crippen LogP contribution >= 0.6 is 39.1 Å². The van der Waals surface area contributed by atoms with Gasteiger partial charge >= 0.3 is 0 Å². The van der Waals surface area contributed by atoms with Crippen LogP contribution in [-0.2, 0) is 9.59 Å². The van der Waals surface area contributed by atoms with Gasteiger partial charge in [0.2, 0.25) is 5.91 Å². The summed E-state index contributed by atoms with van der Waals surface area (Å²) in [5, 5.41) is 3.58. The molecule has 2 aromatic rings. The van der Waals surface area contributed by atoms with Gasteiger partial charge in [0.05, 0.1) is 22.2 Å². The Morgan fingerprint density at radius 1 is 1.09 bits per heavy atom. The SMILES string of the molecule is O=C1CC(Nc2ccccc2Br)C(=O)N1c1cccc(Cl)c1Cl. The zero-order valence-electron chi connectivity index (χ0n) is 11.7. The van der Waals surface area contributed by atoms with Crippen molar-refractivity contribution in [3.05, 3.63) is 57.0 Å². The van der Waals surface area contributed by atoms with E-state index in [1.807, 2.05) is 24.3 Å². The van der Waals surface area contributed by atoms with Gasteiger partial charge in [0.15, 0.2) is 0 Å². The molecular weight excluding hydrogens is 403 g/mol. The van der Waals surface area contributed by atoms with Crippen molar-refractivity contribution < 1.29 is 9.59 Å². The first kappa shape index (κ1) is 16.3. The first-order valence-corrected chi connectivity index (χ1v) is 8.36. The lowest BCUT2D eigenvalue weighted by Gasteiger charge is -2.18. The van der Waals surface area contributed by atoms with Crippen LogP contribution in [0.1, 0.15) is 6.42 Å². The number of nitrogens with zero attached hydrogens (tertiary/aromatic N) is 1. The number of carbonyl (C=O) groups is 2. The maximum Gasteiger partial charge on any atom is 0.256 e. The smallest absolute Gasteiger partial charge is 0.256 e. The second-order valence-electron chi connectivity index (χ2n) is 5.02. The van der Waals surface area contributed by atoms with Gasteiger partial charge in [-0.05, 0) is 40.2 Å². The Bertz CT molecular complexity index is 797. The minimum Gasteiger partial charge on any atom is -0.372 e. The van der Waals surface area contributed by atoms with E-state index in [0.717, 1.165) is 15.1 Å². The number of anilines is 2. The molecule has 0 bridgehead atoms. The van der Waals surface area contributed by atoms with Crippen LogP contribution in [0.25, 0.3) is 0 Å². The highest BCUT2D eigenvalue weighted by molar-refractivity contribution is 9.10. The summed E-state index contributed by atoms with van der Waals surface area (Å²) in [6.45, 7) is 0. The third-order valence-corrected chi connectivity index (χ3v) is 5.02. The van der Waals surface area contributed by atoms with Crippen LogP contribution in [0.3, 0.4) is 0 Å². The first-order valence-electron chi connectivity index (χ1n) is 6.81. The van der Waals surface area contributed by atoms with E-state index in [4.69, 9.17) is 23.2 Å². The minimum absolute atomic E-state index is 0.0585. The van der Waals surface area contributed by atoms with Gasteiger partial charge in [0, 0.05) is 10.2 Å². The van der Waals surface area contributed by atoms with Crippen molar-refractivity contribution in [2.75, 3.05) is 10.2 Å². The molecule has 0 aromatic heterocycles. The largest absolute Gasteiger partial charge is 0.372 e. The Labute approximate surface area is 151 Å². The number of hydrogen-bond acceptors (Lipinski definition) is 3. The average molecular weight is 414 g/mol. The fourth-order valence-electron chi connectivity index (χ4n) is 2.43. The lowest BCUT2D eigenvalue weighted by Crippen LogP contribution is -2.35. The summed E-state index contributed by atoms with van der Waals surface area (Å²) >= 11 is 15.5. The van der Waals surface area contributed by atoms with Crippen LogP contribution in [0.2, 0.25) is 10.0 Å². The van der Waals surface area contributed by atoms with Gasteiger partial charge in [-0.3, -0.25) is 9.59 Å². The summed E-state index contributed by atoms with van der Waals surface area (Å²) in [5.41, 5.74) is 1.06. The summed E-state index contributed by atoms with van der Waals surface area (Å²) in [7, 11) is 0. The number of imide groups is 1. The van der Waals surface area contributed by atoms with Gasteiger partial charge in [-0.2, -0.15) is 0 Å². The lowest BCUT2D eigenvalue weighted by atomic mass is 10.2. The quantitative estimate of drug-likeness (QED) is 0.753. The number of benzene rings is 2. The second kappa shape index (κ2) is 6.51. The van der Waals surface area contributed by atoms with Crippen molar-refractivity contribution in [3.8, 4) is 0 Å². The number of carbonyl (C=O) groups excluding carboxylic acids is 2. The summed E-state index contributed by atoms with van der Waals surface area (Å²) < 4.78 is 0.819. The summed E-state index contributed by atoms with van der Waals surface area (Å²) in [6, 6.07) is 11.6. The van der Waals surface area contributed by atoms with Crippen LogP contribution in [0.5, 0.6) is 0 Å². The first-order chi connectivity index (χ1) is 11.0. The summed E-state index contributed by atoms with van der Waals surface area (Å²) in [4.78, 5) is 26.0. The van der Waals surface area contributed by atoms with Crippen LogP contribution in [-0.4, -0.2) is 17.9 Å². The van der Waals surface area contributed by atoms with E-state index < -0.39 is 6.04 Å². The predicted octanol–water partition coefficient (Wildman–Crippen LogP) is 4.50. The monoisotopic (exact) mass is 412 g/mol. The van der Waals surface area contributed by atoms with Crippen LogP contribution in [0, 0.1) is 0 Å². The fourth-order valence-corrected chi connectivity index (χ4v) is 3.21. The number of nitrogens with one attached hydrogen (secondary N) is 1. The topological polar surface area (TPSA) is 49.4 Å². The molecule has 0 saturated carbocycles. The highest BCUT2D eigenvalue weighted by Crippen LogP contribution is 2.35. The molecule has 4 nitrogen and oxygen atoms in total. The number of para-hydroxylation sites is 1. The highest BCUT2D eigenvalue weighted by atomic mass is 79.9. The molecule has 2 amide bonds. The predicted molar refractivity (Wildman–Crippen MR) is 95.1 cm³/mol. The number of amides is 2. The third kappa shape index (κ3) is 3.09. The molecule has 118 valence electrons. The maximum absolute atomic E-state index is 12.6. The van der Waals surface area contributed by atoms with Crippen molar-refractivity contribution in [1.82, 2.24) is 0 Å². The summed E-state index contributed by atoms with van der Waals surface area (Å²) in [6.07, 6.45) is 0.0585. The van der Waals surface area contributed by atoms with E-state index in [1.165, 1.54) is 0 Å². The molecule has 1 atom stereocenters. The number of hydrogen-bond donors (Lipinski definition) is 1. The molecule has 1 unspecified atom stereocenters. The lowest BCUT2D eigenvalue weighted by molar-refractivity contribution is -0.121. The molecule has 1 fully saturated rings. The molecule has 0 aliphatic carbocycles. The molecule has 1 heterocycles. The van der Waals surface area contributed by atoms with E-state index >= 15 is 0 Å². The van der Waals surface area contributed by atoms with Gasteiger partial charge < -0.3 is 5.32 Å². The Morgan fingerprint density at radius 3 is 2.57 bits per heavy atom. The molecule has 0 spiro atoms. The molecule has 23 heavy (non-hydrogen) atoms. The van der Waals surface area contributed by atoms with E-state index in [-0.39, 0.29) is 23.3 Å². The maximum atomic E-state index is 12.6.